The molecular weight excluding hydrogens is 314 g/mol. The lowest BCUT2D eigenvalue weighted by Gasteiger charge is -2.20. The number of nitrogens with one attached hydrogen (secondary N) is 1. The molecule has 0 amide bonds. The predicted octanol–water partition coefficient (Wildman–Crippen LogP) is 4.47. The summed E-state index contributed by atoms with van der Waals surface area (Å²) in [6, 6.07) is 16.0. The molecule has 1 N–H and O–H groups in total. The second-order valence-corrected chi connectivity index (χ2v) is 6.16. The van der Waals surface area contributed by atoms with Gasteiger partial charge in [-0.1, -0.05) is 35.9 Å². The fourth-order valence-electron chi connectivity index (χ4n) is 2.78. The van der Waals surface area contributed by atoms with Crippen LogP contribution < -0.4 is 10.1 Å². The number of rotatable bonds is 6. The molecule has 0 aliphatic rings. The minimum Gasteiger partial charge on any atom is -0.496 e. The number of nitrogens with zero attached hydrogens (tertiary/aromatic N) is 2. The monoisotopic (exact) mass is 337 g/mol. The molecule has 25 heavy (non-hydrogen) atoms. The van der Waals surface area contributed by atoms with Crippen LogP contribution >= 0.6 is 0 Å². The average Bonchev–Trinajstić information content (AvgIpc) is 3.12. The van der Waals surface area contributed by atoms with Crippen LogP contribution in [0.2, 0.25) is 0 Å². The van der Waals surface area contributed by atoms with E-state index < -0.39 is 0 Å². The van der Waals surface area contributed by atoms with Crippen molar-refractivity contribution in [3.63, 3.8) is 0 Å². The molecule has 0 aliphatic carbocycles. The van der Waals surface area contributed by atoms with Crippen LogP contribution in [0.25, 0.3) is 11.5 Å². The summed E-state index contributed by atoms with van der Waals surface area (Å²) in [5.74, 6) is 1.96. The van der Waals surface area contributed by atoms with Gasteiger partial charge in [-0.25, -0.2) is 0 Å². The number of para-hydroxylation sites is 1. The van der Waals surface area contributed by atoms with Crippen molar-refractivity contribution < 1.29 is 9.15 Å². The number of aromatic nitrogens is 2. The van der Waals surface area contributed by atoms with Gasteiger partial charge in [-0.15, -0.1) is 10.2 Å². The Labute approximate surface area is 148 Å². The van der Waals surface area contributed by atoms with Crippen LogP contribution in [-0.4, -0.2) is 17.3 Å². The Bertz CT molecular complexity index is 827. The van der Waals surface area contributed by atoms with Crippen molar-refractivity contribution in [2.24, 2.45) is 0 Å². The summed E-state index contributed by atoms with van der Waals surface area (Å²) in [4.78, 5) is 0. The molecule has 130 valence electrons. The Morgan fingerprint density at radius 2 is 1.68 bits per heavy atom. The Morgan fingerprint density at radius 1 is 0.960 bits per heavy atom. The maximum absolute atomic E-state index is 5.85. The van der Waals surface area contributed by atoms with Crippen LogP contribution in [0.5, 0.6) is 5.75 Å². The van der Waals surface area contributed by atoms with Crippen molar-refractivity contribution in [2.45, 2.75) is 32.9 Å². The second kappa shape index (κ2) is 7.49. The van der Waals surface area contributed by atoms with Crippen molar-refractivity contribution >= 4 is 0 Å². The van der Waals surface area contributed by atoms with Crippen molar-refractivity contribution in [3.05, 3.63) is 65.5 Å². The third kappa shape index (κ3) is 3.88. The van der Waals surface area contributed by atoms with Gasteiger partial charge < -0.3 is 9.15 Å². The van der Waals surface area contributed by atoms with E-state index in [1.807, 2.05) is 56.3 Å². The van der Waals surface area contributed by atoms with Gasteiger partial charge in [0, 0.05) is 17.2 Å². The molecule has 3 aromatic rings. The van der Waals surface area contributed by atoms with Gasteiger partial charge >= 0.3 is 0 Å². The molecule has 1 heterocycles. The summed E-state index contributed by atoms with van der Waals surface area (Å²) >= 11 is 0. The highest BCUT2D eigenvalue weighted by Gasteiger charge is 2.19. The number of aryl methyl sites for hydroxylation is 1. The fraction of sp³-hybridized carbons (Fsp3) is 0.300. The summed E-state index contributed by atoms with van der Waals surface area (Å²) in [6.45, 7) is 6.15. The number of hydrogen-bond acceptors (Lipinski definition) is 5. The van der Waals surface area contributed by atoms with E-state index in [9.17, 15) is 0 Å². The van der Waals surface area contributed by atoms with Gasteiger partial charge in [0.15, 0.2) is 0 Å². The molecule has 5 heteroatoms. The SMILES string of the molecule is COc1ccccc1[C@H](C)N[C@@H](C)c1nnc(-c2ccc(C)cc2)o1. The van der Waals surface area contributed by atoms with E-state index >= 15 is 0 Å². The lowest BCUT2D eigenvalue weighted by atomic mass is 10.1. The molecule has 3 rings (SSSR count). The Morgan fingerprint density at radius 3 is 2.40 bits per heavy atom. The van der Waals surface area contributed by atoms with Gasteiger partial charge in [-0.05, 0) is 39.0 Å². The summed E-state index contributed by atoms with van der Waals surface area (Å²) in [6.07, 6.45) is 0. The third-order valence-corrected chi connectivity index (χ3v) is 4.22. The summed E-state index contributed by atoms with van der Waals surface area (Å²) in [5, 5.41) is 11.8. The zero-order valence-corrected chi connectivity index (χ0v) is 15.0. The van der Waals surface area contributed by atoms with Gasteiger partial charge in [-0.2, -0.15) is 0 Å². The van der Waals surface area contributed by atoms with Crippen LogP contribution in [0, 0.1) is 6.92 Å². The van der Waals surface area contributed by atoms with Gasteiger partial charge in [0.2, 0.25) is 11.8 Å². The minimum absolute atomic E-state index is 0.0772. The largest absolute Gasteiger partial charge is 0.496 e. The van der Waals surface area contributed by atoms with Crippen LogP contribution in [0.15, 0.2) is 52.9 Å². The minimum atomic E-state index is -0.0772. The van der Waals surface area contributed by atoms with Crippen molar-refractivity contribution in [1.82, 2.24) is 15.5 Å². The molecule has 2 atom stereocenters. The molecule has 2 aromatic carbocycles. The van der Waals surface area contributed by atoms with E-state index in [0.717, 1.165) is 16.9 Å². The predicted molar refractivity (Wildman–Crippen MR) is 97.4 cm³/mol. The summed E-state index contributed by atoms with van der Waals surface area (Å²) < 4.78 is 11.3. The van der Waals surface area contributed by atoms with Crippen molar-refractivity contribution in [3.8, 4) is 17.2 Å². The smallest absolute Gasteiger partial charge is 0.247 e. The maximum atomic E-state index is 5.85. The van der Waals surface area contributed by atoms with Crippen molar-refractivity contribution in [2.75, 3.05) is 7.11 Å². The molecule has 0 unspecified atom stereocenters. The lowest BCUT2D eigenvalue weighted by molar-refractivity contribution is 0.375. The van der Waals surface area contributed by atoms with E-state index in [1.54, 1.807) is 7.11 Å². The molecule has 5 nitrogen and oxygen atoms in total. The molecular formula is C20H23N3O2. The number of ether oxygens (including phenoxy) is 1. The molecule has 1 aromatic heterocycles. The molecule has 0 radical (unpaired) electrons. The summed E-state index contributed by atoms with van der Waals surface area (Å²) in [5.41, 5.74) is 3.22. The van der Waals surface area contributed by atoms with Crippen LogP contribution in [0.3, 0.4) is 0 Å². The molecule has 0 saturated carbocycles. The van der Waals surface area contributed by atoms with Gasteiger partial charge in [0.05, 0.1) is 13.2 Å². The summed E-state index contributed by atoms with van der Waals surface area (Å²) in [7, 11) is 1.68. The van der Waals surface area contributed by atoms with Gasteiger partial charge in [-0.3, -0.25) is 5.32 Å². The standard InChI is InChI=1S/C20H23N3O2/c1-13-9-11-16(12-10-13)20-23-22-19(25-20)15(3)21-14(2)17-7-5-6-8-18(17)24-4/h5-12,14-15,21H,1-4H3/t14-,15-/m0/s1. The first-order valence-corrected chi connectivity index (χ1v) is 8.38. The topological polar surface area (TPSA) is 60.2 Å². The number of hydrogen-bond donors (Lipinski definition) is 1. The molecule has 0 fully saturated rings. The Balaban J connectivity index is 1.73. The van der Waals surface area contributed by atoms with E-state index in [2.05, 4.69) is 28.5 Å². The molecule has 0 aliphatic heterocycles. The van der Waals surface area contributed by atoms with Crippen LogP contribution in [0.4, 0.5) is 0 Å². The zero-order valence-electron chi connectivity index (χ0n) is 15.0. The Hall–Kier alpha value is -2.66. The van der Waals surface area contributed by atoms with Gasteiger partial charge in [0.25, 0.3) is 0 Å². The second-order valence-electron chi connectivity index (χ2n) is 6.16. The highest BCUT2D eigenvalue weighted by Crippen LogP contribution is 2.27. The fourth-order valence-corrected chi connectivity index (χ4v) is 2.78. The first-order valence-electron chi connectivity index (χ1n) is 8.38. The number of benzene rings is 2. The Kier molecular flexibility index (Phi) is 5.14. The third-order valence-electron chi connectivity index (χ3n) is 4.22. The van der Waals surface area contributed by atoms with E-state index in [0.29, 0.717) is 11.8 Å². The van der Waals surface area contributed by atoms with Crippen LogP contribution in [0.1, 0.15) is 42.9 Å². The highest BCUT2D eigenvalue weighted by molar-refractivity contribution is 5.52. The highest BCUT2D eigenvalue weighted by atomic mass is 16.5. The van der Waals surface area contributed by atoms with Crippen molar-refractivity contribution in [1.29, 1.82) is 0 Å². The average molecular weight is 337 g/mol. The molecule has 0 spiro atoms. The van der Waals surface area contributed by atoms with Crippen LogP contribution in [-0.2, 0) is 0 Å². The van der Waals surface area contributed by atoms with Gasteiger partial charge in [0.1, 0.15) is 5.75 Å². The maximum Gasteiger partial charge on any atom is 0.247 e. The lowest BCUT2D eigenvalue weighted by Crippen LogP contribution is -2.23. The quantitative estimate of drug-likeness (QED) is 0.719. The zero-order chi connectivity index (χ0) is 17.8. The molecule has 0 saturated heterocycles. The molecule has 0 bridgehead atoms. The number of methoxy groups -OCH3 is 1. The van der Waals surface area contributed by atoms with E-state index in [4.69, 9.17) is 9.15 Å². The van der Waals surface area contributed by atoms with E-state index in [-0.39, 0.29) is 12.1 Å². The normalized spacial score (nSPS) is 13.4. The first-order chi connectivity index (χ1) is 12.1. The first kappa shape index (κ1) is 17.2. The van der Waals surface area contributed by atoms with E-state index in [1.165, 1.54) is 5.56 Å².